The molecule has 2 aromatic heterocycles. The van der Waals surface area contributed by atoms with Crippen LogP contribution >= 0.6 is 11.6 Å². The summed E-state index contributed by atoms with van der Waals surface area (Å²) in [5.41, 5.74) is 0.0233. The van der Waals surface area contributed by atoms with Crippen LogP contribution in [0.2, 0.25) is 5.02 Å². The number of aromatic carboxylic acids is 1. The second kappa shape index (κ2) is 5.66. The number of carboxylic acid groups (broad SMARTS) is 1. The number of hydrogen-bond acceptors (Lipinski definition) is 5. The monoisotopic (exact) mass is 281 g/mol. The molecule has 0 radical (unpaired) electrons. The molecule has 0 saturated carbocycles. The van der Waals surface area contributed by atoms with E-state index in [1.165, 1.54) is 12.3 Å². The number of halogens is 1. The highest BCUT2D eigenvalue weighted by Gasteiger charge is 2.12. The van der Waals surface area contributed by atoms with Crippen molar-refractivity contribution < 1.29 is 9.90 Å². The molecule has 8 heteroatoms. The third-order valence-corrected chi connectivity index (χ3v) is 2.79. The largest absolute Gasteiger partial charge is 0.478 e. The molecule has 7 nitrogen and oxygen atoms in total. The van der Waals surface area contributed by atoms with Gasteiger partial charge < -0.3 is 10.4 Å². The number of aryl methyl sites for hydroxylation is 1. The van der Waals surface area contributed by atoms with Crippen LogP contribution in [0.5, 0.6) is 0 Å². The highest BCUT2D eigenvalue weighted by Crippen LogP contribution is 2.23. The number of nitrogens with one attached hydrogen (secondary N) is 1. The Morgan fingerprint density at radius 3 is 2.95 bits per heavy atom. The quantitative estimate of drug-likeness (QED) is 0.856. The average Bonchev–Trinajstić information content (AvgIpc) is 2.77. The Hall–Kier alpha value is -2.15. The minimum atomic E-state index is -1.08. The molecule has 0 aliphatic carbocycles. The van der Waals surface area contributed by atoms with Gasteiger partial charge in [0.2, 0.25) is 0 Å². The first-order chi connectivity index (χ1) is 9.08. The van der Waals surface area contributed by atoms with E-state index in [9.17, 15) is 4.79 Å². The summed E-state index contributed by atoms with van der Waals surface area (Å²) in [6.07, 6.45) is 3.61. The van der Waals surface area contributed by atoms with Gasteiger partial charge in [0.1, 0.15) is 12.1 Å². The summed E-state index contributed by atoms with van der Waals surface area (Å²) in [7, 11) is 1.79. The van der Waals surface area contributed by atoms with Crippen LogP contribution in [0.1, 0.15) is 16.2 Å². The van der Waals surface area contributed by atoms with Crippen molar-refractivity contribution >= 4 is 23.4 Å². The maximum atomic E-state index is 10.9. The fourth-order valence-corrected chi connectivity index (χ4v) is 1.78. The van der Waals surface area contributed by atoms with Crippen LogP contribution in [0.25, 0.3) is 0 Å². The highest BCUT2D eigenvalue weighted by atomic mass is 35.5. The molecule has 0 aliphatic heterocycles. The second-order valence-corrected chi connectivity index (χ2v) is 4.22. The van der Waals surface area contributed by atoms with Crippen LogP contribution in [0.4, 0.5) is 5.82 Å². The van der Waals surface area contributed by atoms with Gasteiger partial charge in [-0.25, -0.2) is 14.8 Å². The minimum Gasteiger partial charge on any atom is -0.478 e. The topological polar surface area (TPSA) is 92.9 Å². The number of aromatic nitrogens is 4. The molecule has 0 unspecified atom stereocenters. The summed E-state index contributed by atoms with van der Waals surface area (Å²) >= 11 is 5.95. The Morgan fingerprint density at radius 1 is 1.53 bits per heavy atom. The predicted octanol–water partition coefficient (Wildman–Crippen LogP) is 1.22. The van der Waals surface area contributed by atoms with Gasteiger partial charge >= 0.3 is 5.97 Å². The number of rotatable bonds is 5. The van der Waals surface area contributed by atoms with Gasteiger partial charge in [0.15, 0.2) is 5.82 Å². The van der Waals surface area contributed by atoms with Crippen molar-refractivity contribution in [3.05, 3.63) is 35.0 Å². The van der Waals surface area contributed by atoms with Crippen molar-refractivity contribution in [3.8, 4) is 0 Å². The molecule has 0 atom stereocenters. The molecule has 0 aliphatic rings. The van der Waals surface area contributed by atoms with Crippen LogP contribution in [-0.4, -0.2) is 37.4 Å². The van der Waals surface area contributed by atoms with Crippen molar-refractivity contribution in [2.24, 2.45) is 7.05 Å². The molecular formula is C11H12ClN5O2. The molecule has 19 heavy (non-hydrogen) atoms. The standard InChI is InChI=1S/C11H12ClN5O2/c1-17-6-15-8(16-17)3-5-14-10-9(12)7(11(18)19)2-4-13-10/h2,4,6H,3,5H2,1H3,(H,13,14)(H,18,19). The van der Waals surface area contributed by atoms with E-state index in [1.54, 1.807) is 18.1 Å². The lowest BCUT2D eigenvalue weighted by Gasteiger charge is -2.07. The summed E-state index contributed by atoms with van der Waals surface area (Å²) in [6.45, 7) is 0.514. The van der Waals surface area contributed by atoms with Gasteiger partial charge in [-0.3, -0.25) is 4.68 Å². The fourth-order valence-electron chi connectivity index (χ4n) is 1.52. The summed E-state index contributed by atoms with van der Waals surface area (Å²) in [6, 6.07) is 1.36. The molecule has 2 aromatic rings. The van der Waals surface area contributed by atoms with Gasteiger partial charge in [0, 0.05) is 26.2 Å². The van der Waals surface area contributed by atoms with E-state index in [1.807, 2.05) is 0 Å². The summed E-state index contributed by atoms with van der Waals surface area (Å²) in [4.78, 5) is 19.0. The molecule has 0 bridgehead atoms. The van der Waals surface area contributed by atoms with E-state index in [-0.39, 0.29) is 10.6 Å². The van der Waals surface area contributed by atoms with Crippen LogP contribution in [0.3, 0.4) is 0 Å². The van der Waals surface area contributed by atoms with Crippen molar-refractivity contribution in [1.29, 1.82) is 0 Å². The van der Waals surface area contributed by atoms with Gasteiger partial charge in [-0.2, -0.15) is 5.10 Å². The third-order valence-electron chi connectivity index (χ3n) is 2.41. The molecule has 100 valence electrons. The lowest BCUT2D eigenvalue weighted by Crippen LogP contribution is -2.09. The van der Waals surface area contributed by atoms with Gasteiger partial charge in [-0.05, 0) is 6.07 Å². The molecule has 2 heterocycles. The smallest absolute Gasteiger partial charge is 0.337 e. The van der Waals surface area contributed by atoms with Crippen molar-refractivity contribution in [2.75, 3.05) is 11.9 Å². The fraction of sp³-hybridized carbons (Fsp3) is 0.273. The Labute approximate surface area is 114 Å². The average molecular weight is 282 g/mol. The van der Waals surface area contributed by atoms with E-state index in [0.717, 1.165) is 0 Å². The zero-order valence-corrected chi connectivity index (χ0v) is 10.9. The first kappa shape index (κ1) is 13.3. The van der Waals surface area contributed by atoms with Crippen molar-refractivity contribution in [1.82, 2.24) is 19.7 Å². The number of nitrogens with zero attached hydrogens (tertiary/aromatic N) is 4. The van der Waals surface area contributed by atoms with Gasteiger partial charge in [0.05, 0.1) is 10.6 Å². The van der Waals surface area contributed by atoms with E-state index in [4.69, 9.17) is 16.7 Å². The summed E-state index contributed by atoms with van der Waals surface area (Å²) < 4.78 is 1.62. The van der Waals surface area contributed by atoms with E-state index in [2.05, 4.69) is 20.4 Å². The van der Waals surface area contributed by atoms with Gasteiger partial charge in [-0.15, -0.1) is 0 Å². The Morgan fingerprint density at radius 2 is 2.32 bits per heavy atom. The zero-order valence-electron chi connectivity index (χ0n) is 10.2. The summed E-state index contributed by atoms with van der Waals surface area (Å²) in [5.74, 6) is -0.0418. The molecule has 0 aromatic carbocycles. The second-order valence-electron chi connectivity index (χ2n) is 3.84. The van der Waals surface area contributed by atoms with E-state index in [0.29, 0.717) is 24.6 Å². The molecule has 0 saturated heterocycles. The number of hydrogen-bond donors (Lipinski definition) is 2. The molecule has 0 spiro atoms. The lowest BCUT2D eigenvalue weighted by atomic mass is 10.2. The molecule has 0 amide bonds. The van der Waals surface area contributed by atoms with Gasteiger partial charge in [-0.1, -0.05) is 11.6 Å². The van der Waals surface area contributed by atoms with Crippen molar-refractivity contribution in [3.63, 3.8) is 0 Å². The molecule has 2 rings (SSSR count). The number of carboxylic acids is 1. The van der Waals surface area contributed by atoms with Crippen molar-refractivity contribution in [2.45, 2.75) is 6.42 Å². The number of pyridine rings is 1. The SMILES string of the molecule is Cn1cnc(CCNc2nccc(C(=O)O)c2Cl)n1. The zero-order chi connectivity index (χ0) is 13.8. The Bertz CT molecular complexity index is 599. The molecular weight excluding hydrogens is 270 g/mol. The predicted molar refractivity (Wildman–Crippen MR) is 69.4 cm³/mol. The highest BCUT2D eigenvalue weighted by molar-refractivity contribution is 6.35. The van der Waals surface area contributed by atoms with Gasteiger partial charge in [0.25, 0.3) is 0 Å². The van der Waals surface area contributed by atoms with Crippen LogP contribution < -0.4 is 5.32 Å². The maximum Gasteiger partial charge on any atom is 0.337 e. The van der Waals surface area contributed by atoms with Crippen LogP contribution in [-0.2, 0) is 13.5 Å². The van der Waals surface area contributed by atoms with Crippen LogP contribution in [0.15, 0.2) is 18.6 Å². The number of anilines is 1. The van der Waals surface area contributed by atoms with E-state index < -0.39 is 5.97 Å². The minimum absolute atomic E-state index is 0.0233. The van der Waals surface area contributed by atoms with E-state index >= 15 is 0 Å². The summed E-state index contributed by atoms with van der Waals surface area (Å²) in [5, 5.41) is 16.1. The maximum absolute atomic E-state index is 10.9. The Balaban J connectivity index is 2.00. The first-order valence-corrected chi connectivity index (χ1v) is 5.92. The molecule has 2 N–H and O–H groups in total. The third kappa shape index (κ3) is 3.19. The van der Waals surface area contributed by atoms with Crippen LogP contribution in [0, 0.1) is 0 Å². The molecule has 0 fully saturated rings. The normalized spacial score (nSPS) is 10.4. The first-order valence-electron chi connectivity index (χ1n) is 5.54. The number of carbonyl (C=O) groups is 1. The Kier molecular flexibility index (Phi) is 3.96. The lowest BCUT2D eigenvalue weighted by molar-refractivity contribution is 0.0697.